The number of hydrogen-bond donors (Lipinski definition) is 1. The van der Waals surface area contributed by atoms with E-state index < -0.39 is 0 Å². The number of benzene rings is 2. The van der Waals surface area contributed by atoms with Crippen molar-refractivity contribution in [2.24, 2.45) is 0 Å². The average Bonchev–Trinajstić information content (AvgIpc) is 3.39. The zero-order valence-corrected chi connectivity index (χ0v) is 15.4. The summed E-state index contributed by atoms with van der Waals surface area (Å²) in [6, 6.07) is 13.4. The van der Waals surface area contributed by atoms with E-state index in [0.29, 0.717) is 17.9 Å². The number of hydrogen-bond acceptors (Lipinski definition) is 5. The average molecular weight is 368 g/mol. The molecule has 0 aliphatic carbocycles. The third kappa shape index (κ3) is 3.71. The zero-order valence-electron chi connectivity index (χ0n) is 15.4. The van der Waals surface area contributed by atoms with Crippen molar-refractivity contribution in [1.82, 2.24) is 10.2 Å². The molecule has 6 nitrogen and oxygen atoms in total. The second-order valence-electron chi connectivity index (χ2n) is 6.78. The van der Waals surface area contributed by atoms with Crippen molar-refractivity contribution < 1.29 is 19.0 Å². The van der Waals surface area contributed by atoms with E-state index in [9.17, 15) is 4.79 Å². The van der Waals surface area contributed by atoms with Crippen LogP contribution in [0.3, 0.4) is 0 Å². The molecule has 0 saturated carbocycles. The lowest BCUT2D eigenvalue weighted by atomic mass is 10.0. The maximum Gasteiger partial charge on any atom is 0.255 e. The van der Waals surface area contributed by atoms with Gasteiger partial charge in [0.15, 0.2) is 11.5 Å². The highest BCUT2D eigenvalue weighted by molar-refractivity contribution is 5.96. The number of likely N-dealkylation sites (tertiary alicyclic amines) is 1. The first-order chi connectivity index (χ1) is 13.3. The second-order valence-corrected chi connectivity index (χ2v) is 6.78. The number of ether oxygens (including phenoxy) is 3. The van der Waals surface area contributed by atoms with E-state index in [4.69, 9.17) is 14.2 Å². The smallest absolute Gasteiger partial charge is 0.255 e. The Labute approximate surface area is 159 Å². The molecule has 1 amide bonds. The summed E-state index contributed by atoms with van der Waals surface area (Å²) in [7, 11) is 1.58. The van der Waals surface area contributed by atoms with Crippen LogP contribution in [0, 0.1) is 0 Å². The number of nitrogens with one attached hydrogen (secondary N) is 1. The molecule has 142 valence electrons. The summed E-state index contributed by atoms with van der Waals surface area (Å²) < 4.78 is 16.3. The third-order valence-electron chi connectivity index (χ3n) is 5.17. The van der Waals surface area contributed by atoms with Crippen LogP contribution < -0.4 is 19.5 Å². The largest absolute Gasteiger partial charge is 0.496 e. The Morgan fingerprint density at radius 2 is 1.93 bits per heavy atom. The molecule has 0 bridgehead atoms. The van der Waals surface area contributed by atoms with E-state index in [0.717, 1.165) is 30.2 Å². The summed E-state index contributed by atoms with van der Waals surface area (Å²) in [5.74, 6) is 2.00. The number of nitrogens with zero attached hydrogens (tertiary/aromatic N) is 1. The number of methoxy groups -OCH3 is 1. The van der Waals surface area contributed by atoms with Gasteiger partial charge in [-0.3, -0.25) is 9.69 Å². The molecule has 1 N–H and O–H groups in total. The number of carbonyl (C=O) groups excluding carboxylic acids is 1. The lowest BCUT2D eigenvalue weighted by Crippen LogP contribution is -2.36. The minimum Gasteiger partial charge on any atom is -0.496 e. The van der Waals surface area contributed by atoms with Crippen LogP contribution in [0.4, 0.5) is 0 Å². The minimum atomic E-state index is -0.127. The summed E-state index contributed by atoms with van der Waals surface area (Å²) in [5.41, 5.74) is 1.67. The first-order valence-corrected chi connectivity index (χ1v) is 9.31. The molecule has 2 aliphatic heterocycles. The SMILES string of the molecule is COc1ccccc1C(=O)NC[C@H](c1ccc2c(c1)OCO2)N1CCCC1. The van der Waals surface area contributed by atoms with Crippen molar-refractivity contribution in [3.63, 3.8) is 0 Å². The first-order valence-electron chi connectivity index (χ1n) is 9.31. The molecule has 0 unspecified atom stereocenters. The molecule has 1 saturated heterocycles. The van der Waals surface area contributed by atoms with Gasteiger partial charge in [-0.15, -0.1) is 0 Å². The Hall–Kier alpha value is -2.73. The molecule has 4 rings (SSSR count). The lowest BCUT2D eigenvalue weighted by Gasteiger charge is -2.28. The Bertz CT molecular complexity index is 818. The highest BCUT2D eigenvalue weighted by atomic mass is 16.7. The lowest BCUT2D eigenvalue weighted by molar-refractivity contribution is 0.0935. The van der Waals surface area contributed by atoms with E-state index in [2.05, 4.69) is 16.3 Å². The maximum atomic E-state index is 12.7. The predicted molar refractivity (Wildman–Crippen MR) is 101 cm³/mol. The number of rotatable bonds is 6. The van der Waals surface area contributed by atoms with Crippen molar-refractivity contribution in [3.8, 4) is 17.2 Å². The molecule has 27 heavy (non-hydrogen) atoms. The topological polar surface area (TPSA) is 60.0 Å². The molecule has 1 fully saturated rings. The van der Waals surface area contributed by atoms with Crippen LogP contribution in [-0.4, -0.2) is 44.3 Å². The number of amides is 1. The van der Waals surface area contributed by atoms with Crippen LogP contribution in [0.2, 0.25) is 0 Å². The molecule has 0 spiro atoms. The van der Waals surface area contributed by atoms with Gasteiger partial charge >= 0.3 is 0 Å². The molecule has 6 heteroatoms. The Morgan fingerprint density at radius 1 is 1.15 bits per heavy atom. The number of carbonyl (C=O) groups is 1. The van der Waals surface area contributed by atoms with Crippen LogP contribution in [0.15, 0.2) is 42.5 Å². The quantitative estimate of drug-likeness (QED) is 0.849. The van der Waals surface area contributed by atoms with Gasteiger partial charge in [-0.25, -0.2) is 0 Å². The Kier molecular flexibility index (Phi) is 5.16. The van der Waals surface area contributed by atoms with Crippen molar-refractivity contribution in [3.05, 3.63) is 53.6 Å². The first kappa shape index (κ1) is 17.7. The Morgan fingerprint density at radius 3 is 2.74 bits per heavy atom. The van der Waals surface area contributed by atoms with Crippen LogP contribution >= 0.6 is 0 Å². The highest BCUT2D eigenvalue weighted by Crippen LogP contribution is 2.36. The van der Waals surface area contributed by atoms with Gasteiger partial charge in [-0.2, -0.15) is 0 Å². The Balaban J connectivity index is 1.52. The standard InChI is InChI=1S/C21H24N2O4/c1-25-18-7-3-2-6-16(18)21(24)22-13-17(23-10-4-5-11-23)15-8-9-19-20(12-15)27-14-26-19/h2-3,6-9,12,17H,4-5,10-11,13-14H2,1H3,(H,22,24)/t17-/m1/s1. The molecular weight excluding hydrogens is 344 g/mol. The second kappa shape index (κ2) is 7.88. The molecule has 2 heterocycles. The molecule has 2 aromatic rings. The van der Waals surface area contributed by atoms with Crippen molar-refractivity contribution in [2.45, 2.75) is 18.9 Å². The normalized spacial score (nSPS) is 16.9. The van der Waals surface area contributed by atoms with Gasteiger partial charge in [-0.1, -0.05) is 18.2 Å². The van der Waals surface area contributed by atoms with E-state index in [-0.39, 0.29) is 18.7 Å². The fourth-order valence-electron chi connectivity index (χ4n) is 3.75. The summed E-state index contributed by atoms with van der Waals surface area (Å²) in [5, 5.41) is 3.08. The highest BCUT2D eigenvalue weighted by Gasteiger charge is 2.26. The summed E-state index contributed by atoms with van der Waals surface area (Å²) >= 11 is 0. The van der Waals surface area contributed by atoms with Crippen molar-refractivity contribution in [2.75, 3.05) is 33.5 Å². The minimum absolute atomic E-state index is 0.0978. The maximum absolute atomic E-state index is 12.7. The summed E-state index contributed by atoms with van der Waals surface area (Å²) in [6.07, 6.45) is 2.36. The number of para-hydroxylation sites is 1. The van der Waals surface area contributed by atoms with Crippen LogP contribution in [0.5, 0.6) is 17.2 Å². The number of fused-ring (bicyclic) bond motifs is 1. The van der Waals surface area contributed by atoms with Crippen LogP contribution in [0.25, 0.3) is 0 Å². The van der Waals surface area contributed by atoms with Crippen molar-refractivity contribution in [1.29, 1.82) is 0 Å². The molecular formula is C21H24N2O4. The van der Waals surface area contributed by atoms with Crippen LogP contribution in [0.1, 0.15) is 34.8 Å². The van der Waals surface area contributed by atoms with Gasteiger partial charge in [0, 0.05) is 6.54 Å². The fraction of sp³-hybridized carbons (Fsp3) is 0.381. The molecule has 2 aliphatic rings. The van der Waals surface area contributed by atoms with E-state index in [1.54, 1.807) is 19.2 Å². The third-order valence-corrected chi connectivity index (χ3v) is 5.17. The summed E-state index contributed by atoms with van der Waals surface area (Å²) in [4.78, 5) is 15.1. The monoisotopic (exact) mass is 368 g/mol. The van der Waals surface area contributed by atoms with E-state index >= 15 is 0 Å². The van der Waals surface area contributed by atoms with Gasteiger partial charge in [-0.05, 0) is 55.8 Å². The van der Waals surface area contributed by atoms with Gasteiger partial charge in [0.1, 0.15) is 5.75 Å². The van der Waals surface area contributed by atoms with Gasteiger partial charge in [0.2, 0.25) is 6.79 Å². The molecule has 0 radical (unpaired) electrons. The molecule has 1 atom stereocenters. The van der Waals surface area contributed by atoms with Gasteiger partial charge in [0.05, 0.1) is 18.7 Å². The van der Waals surface area contributed by atoms with Crippen molar-refractivity contribution >= 4 is 5.91 Å². The van der Waals surface area contributed by atoms with Gasteiger partial charge < -0.3 is 19.5 Å². The van der Waals surface area contributed by atoms with E-state index in [1.165, 1.54) is 12.8 Å². The predicted octanol–water partition coefficient (Wildman–Crippen LogP) is 2.99. The zero-order chi connectivity index (χ0) is 18.6. The van der Waals surface area contributed by atoms with Crippen LogP contribution in [-0.2, 0) is 0 Å². The van der Waals surface area contributed by atoms with E-state index in [1.807, 2.05) is 24.3 Å². The van der Waals surface area contributed by atoms with Gasteiger partial charge in [0.25, 0.3) is 5.91 Å². The molecule has 0 aromatic heterocycles. The fourth-order valence-corrected chi connectivity index (χ4v) is 3.75. The summed E-state index contributed by atoms with van der Waals surface area (Å²) in [6.45, 7) is 2.85. The molecule has 2 aromatic carbocycles.